The van der Waals surface area contributed by atoms with E-state index < -0.39 is 0 Å². The smallest absolute Gasteiger partial charge is 0.273 e. The molecule has 1 saturated heterocycles. The lowest BCUT2D eigenvalue weighted by Gasteiger charge is -2.22. The van der Waals surface area contributed by atoms with Crippen molar-refractivity contribution in [3.63, 3.8) is 0 Å². The Kier molecular flexibility index (Phi) is 4.68. The van der Waals surface area contributed by atoms with Gasteiger partial charge in [0.25, 0.3) is 5.91 Å². The van der Waals surface area contributed by atoms with E-state index in [2.05, 4.69) is 20.9 Å². The van der Waals surface area contributed by atoms with Gasteiger partial charge in [-0.2, -0.15) is 0 Å². The number of allylic oxidation sites excluding steroid dienone is 1. The monoisotopic (exact) mass is 263 g/mol. The molecule has 2 heterocycles. The molecule has 0 aliphatic carbocycles. The molecule has 19 heavy (non-hydrogen) atoms. The van der Waals surface area contributed by atoms with Gasteiger partial charge in [-0.05, 0) is 39.8 Å². The van der Waals surface area contributed by atoms with E-state index >= 15 is 0 Å². The Morgan fingerprint density at radius 2 is 2.26 bits per heavy atom. The number of nitrogens with zero attached hydrogens (tertiary/aromatic N) is 3. The second-order valence-electron chi connectivity index (χ2n) is 5.06. The zero-order valence-electron chi connectivity index (χ0n) is 11.5. The number of nitrogens with one attached hydrogen (secondary N) is 2. The molecule has 0 atom stereocenters. The molecule has 1 aliphatic heterocycles. The molecule has 0 spiro atoms. The Bertz CT molecular complexity index is 455. The van der Waals surface area contributed by atoms with Crippen molar-refractivity contribution in [2.75, 3.05) is 19.6 Å². The lowest BCUT2D eigenvalue weighted by Crippen LogP contribution is -2.29. The molecular formula is C13H21N5O. The highest BCUT2D eigenvalue weighted by Crippen LogP contribution is 2.16. The summed E-state index contributed by atoms with van der Waals surface area (Å²) in [4.78, 5) is 11.9. The number of rotatable bonds is 4. The molecule has 2 rings (SSSR count). The molecule has 0 radical (unpaired) electrons. The third kappa shape index (κ3) is 3.89. The summed E-state index contributed by atoms with van der Waals surface area (Å²) >= 11 is 0. The van der Waals surface area contributed by atoms with E-state index in [0.29, 0.717) is 18.3 Å². The summed E-state index contributed by atoms with van der Waals surface area (Å²) in [6.07, 6.45) is 5.77. The zero-order valence-corrected chi connectivity index (χ0v) is 11.5. The van der Waals surface area contributed by atoms with Crippen molar-refractivity contribution in [1.82, 2.24) is 25.6 Å². The summed E-state index contributed by atoms with van der Waals surface area (Å²) in [5.41, 5.74) is 1.57. The minimum absolute atomic E-state index is 0.169. The number of aromatic nitrogens is 3. The van der Waals surface area contributed by atoms with Gasteiger partial charge in [-0.25, -0.2) is 4.68 Å². The summed E-state index contributed by atoms with van der Waals surface area (Å²) in [7, 11) is 0. The molecule has 1 fully saturated rings. The highest BCUT2D eigenvalue weighted by atomic mass is 16.2. The van der Waals surface area contributed by atoms with Gasteiger partial charge in [-0.15, -0.1) is 5.10 Å². The first-order chi connectivity index (χ1) is 9.16. The first-order valence-electron chi connectivity index (χ1n) is 6.71. The second-order valence-corrected chi connectivity index (χ2v) is 5.06. The Hall–Kier alpha value is -1.69. The first kappa shape index (κ1) is 13.7. The molecule has 6 nitrogen and oxygen atoms in total. The SMILES string of the molecule is CC(C)=CCNC(=O)c1cn(C2CCNCC2)nn1. The van der Waals surface area contributed by atoms with Gasteiger partial charge in [0.2, 0.25) is 0 Å². The van der Waals surface area contributed by atoms with Crippen molar-refractivity contribution in [3.8, 4) is 0 Å². The van der Waals surface area contributed by atoms with Crippen LogP contribution in [-0.2, 0) is 0 Å². The van der Waals surface area contributed by atoms with Crippen LogP contribution in [-0.4, -0.2) is 40.5 Å². The number of hydrogen-bond donors (Lipinski definition) is 2. The predicted octanol–water partition coefficient (Wildman–Crippen LogP) is 0.899. The van der Waals surface area contributed by atoms with Crippen LogP contribution in [0.2, 0.25) is 0 Å². The van der Waals surface area contributed by atoms with Crippen LogP contribution in [0.15, 0.2) is 17.8 Å². The van der Waals surface area contributed by atoms with E-state index in [0.717, 1.165) is 25.9 Å². The molecule has 1 aromatic rings. The topological polar surface area (TPSA) is 71.8 Å². The molecule has 0 unspecified atom stereocenters. The first-order valence-corrected chi connectivity index (χ1v) is 6.71. The second kappa shape index (κ2) is 6.47. The fourth-order valence-corrected chi connectivity index (χ4v) is 2.07. The number of amides is 1. The maximum absolute atomic E-state index is 11.9. The van der Waals surface area contributed by atoms with Crippen molar-refractivity contribution in [1.29, 1.82) is 0 Å². The highest BCUT2D eigenvalue weighted by molar-refractivity contribution is 5.91. The number of hydrogen-bond acceptors (Lipinski definition) is 4. The minimum atomic E-state index is -0.169. The van der Waals surface area contributed by atoms with E-state index in [1.165, 1.54) is 5.57 Å². The number of carbonyl (C=O) groups excluding carboxylic acids is 1. The standard InChI is InChI=1S/C13H21N5O/c1-10(2)3-8-15-13(19)12-9-18(17-16-12)11-4-6-14-7-5-11/h3,9,11,14H,4-8H2,1-2H3,(H,15,19). The van der Waals surface area contributed by atoms with E-state index in [1.54, 1.807) is 6.20 Å². The summed E-state index contributed by atoms with van der Waals surface area (Å²) < 4.78 is 1.82. The lowest BCUT2D eigenvalue weighted by atomic mass is 10.1. The summed E-state index contributed by atoms with van der Waals surface area (Å²) in [6, 6.07) is 0.355. The maximum Gasteiger partial charge on any atom is 0.273 e. The van der Waals surface area contributed by atoms with Gasteiger partial charge in [0.1, 0.15) is 0 Å². The molecule has 104 valence electrons. The number of carbonyl (C=O) groups is 1. The van der Waals surface area contributed by atoms with Crippen molar-refractivity contribution in [2.45, 2.75) is 32.7 Å². The lowest BCUT2D eigenvalue weighted by molar-refractivity contribution is 0.0953. The molecule has 2 N–H and O–H groups in total. The fourth-order valence-electron chi connectivity index (χ4n) is 2.07. The van der Waals surface area contributed by atoms with Gasteiger partial charge >= 0.3 is 0 Å². The van der Waals surface area contributed by atoms with Gasteiger partial charge in [0, 0.05) is 6.54 Å². The van der Waals surface area contributed by atoms with Crippen LogP contribution in [0, 0.1) is 0 Å². The Morgan fingerprint density at radius 1 is 1.53 bits per heavy atom. The molecule has 6 heteroatoms. The van der Waals surface area contributed by atoms with Crippen LogP contribution in [0.3, 0.4) is 0 Å². The Labute approximate surface area is 113 Å². The third-order valence-electron chi connectivity index (χ3n) is 3.20. The van der Waals surface area contributed by atoms with Crippen LogP contribution in [0.25, 0.3) is 0 Å². The normalized spacial score (nSPS) is 16.1. The van der Waals surface area contributed by atoms with E-state index in [-0.39, 0.29) is 5.91 Å². The zero-order chi connectivity index (χ0) is 13.7. The molecule has 0 aromatic carbocycles. The summed E-state index contributed by atoms with van der Waals surface area (Å²) in [5, 5.41) is 14.1. The molecule has 1 aliphatic rings. The predicted molar refractivity (Wildman–Crippen MR) is 72.9 cm³/mol. The van der Waals surface area contributed by atoms with Crippen LogP contribution in [0.5, 0.6) is 0 Å². The maximum atomic E-state index is 11.9. The van der Waals surface area contributed by atoms with Crippen molar-refractivity contribution in [2.24, 2.45) is 0 Å². The fraction of sp³-hybridized carbons (Fsp3) is 0.615. The molecule has 0 saturated carbocycles. The van der Waals surface area contributed by atoms with E-state index in [1.807, 2.05) is 24.6 Å². The summed E-state index contributed by atoms with van der Waals surface area (Å²) in [6.45, 7) is 6.51. The van der Waals surface area contributed by atoms with E-state index in [9.17, 15) is 4.79 Å². The highest BCUT2D eigenvalue weighted by Gasteiger charge is 2.18. The van der Waals surface area contributed by atoms with Gasteiger partial charge in [-0.3, -0.25) is 4.79 Å². The third-order valence-corrected chi connectivity index (χ3v) is 3.20. The van der Waals surface area contributed by atoms with Gasteiger partial charge in [0.15, 0.2) is 5.69 Å². The quantitative estimate of drug-likeness (QED) is 0.792. The molecular weight excluding hydrogens is 242 g/mol. The van der Waals surface area contributed by atoms with Gasteiger partial charge < -0.3 is 10.6 Å². The van der Waals surface area contributed by atoms with E-state index in [4.69, 9.17) is 0 Å². The van der Waals surface area contributed by atoms with Gasteiger partial charge in [0.05, 0.1) is 12.2 Å². The summed E-state index contributed by atoms with van der Waals surface area (Å²) in [5.74, 6) is -0.169. The van der Waals surface area contributed by atoms with Crippen molar-refractivity contribution < 1.29 is 4.79 Å². The molecule has 1 aromatic heterocycles. The Morgan fingerprint density at radius 3 is 2.95 bits per heavy atom. The molecule has 1 amide bonds. The van der Waals surface area contributed by atoms with Crippen LogP contribution >= 0.6 is 0 Å². The van der Waals surface area contributed by atoms with Crippen LogP contribution in [0.1, 0.15) is 43.2 Å². The average Bonchev–Trinajstić information content (AvgIpc) is 2.89. The largest absolute Gasteiger partial charge is 0.347 e. The number of piperidine rings is 1. The minimum Gasteiger partial charge on any atom is -0.347 e. The average molecular weight is 263 g/mol. The van der Waals surface area contributed by atoms with Crippen LogP contribution < -0.4 is 10.6 Å². The van der Waals surface area contributed by atoms with Crippen molar-refractivity contribution in [3.05, 3.63) is 23.5 Å². The molecule has 0 bridgehead atoms. The van der Waals surface area contributed by atoms with Gasteiger partial charge in [-0.1, -0.05) is 16.9 Å². The Balaban J connectivity index is 1.92. The van der Waals surface area contributed by atoms with Crippen LogP contribution in [0.4, 0.5) is 0 Å². The van der Waals surface area contributed by atoms with Crippen molar-refractivity contribution >= 4 is 5.91 Å².